The summed E-state index contributed by atoms with van der Waals surface area (Å²) in [6, 6.07) is 9.16. The summed E-state index contributed by atoms with van der Waals surface area (Å²) < 4.78 is 6.89. The van der Waals surface area contributed by atoms with E-state index in [1.54, 1.807) is 18.9 Å². The maximum absolute atomic E-state index is 3.68. The van der Waals surface area contributed by atoms with E-state index in [0.29, 0.717) is 0 Å². The number of hydrogen-bond donors (Lipinski definition) is 0. The van der Waals surface area contributed by atoms with Crippen LogP contribution in [0.2, 0.25) is 13.3 Å². The molecule has 126 valence electrons. The molecule has 0 bridgehead atoms. The van der Waals surface area contributed by atoms with E-state index in [-0.39, 0.29) is 0 Å². The SMILES string of the molecule is CCC[CH2][Sn]([CH2]CCC)([CH2]CCC)[CH](C)c1cccc(Br)c1. The number of halogens is 1. The van der Waals surface area contributed by atoms with E-state index in [2.05, 4.69) is 67.9 Å². The number of rotatable bonds is 11. The van der Waals surface area contributed by atoms with Crippen molar-refractivity contribution in [2.45, 2.75) is 83.5 Å². The molecule has 0 spiro atoms. The molecule has 0 aliphatic rings. The van der Waals surface area contributed by atoms with Crippen LogP contribution < -0.4 is 0 Å². The number of hydrogen-bond acceptors (Lipinski definition) is 0. The van der Waals surface area contributed by atoms with E-state index in [1.165, 1.54) is 43.0 Å². The van der Waals surface area contributed by atoms with Gasteiger partial charge in [0.1, 0.15) is 0 Å². The molecule has 1 unspecified atom stereocenters. The average Bonchev–Trinajstić information content (AvgIpc) is 2.54. The van der Waals surface area contributed by atoms with Gasteiger partial charge in [-0.1, -0.05) is 0 Å². The molecule has 1 aromatic rings. The summed E-state index contributed by atoms with van der Waals surface area (Å²) in [5, 5.41) is 0. The summed E-state index contributed by atoms with van der Waals surface area (Å²) in [4.78, 5) is 0. The van der Waals surface area contributed by atoms with Crippen LogP contribution in [0.3, 0.4) is 0 Å². The quantitative estimate of drug-likeness (QED) is 0.286. The molecule has 0 N–H and O–H groups in total. The van der Waals surface area contributed by atoms with E-state index in [4.69, 9.17) is 0 Å². The van der Waals surface area contributed by atoms with Crippen molar-refractivity contribution < 1.29 is 0 Å². The summed E-state index contributed by atoms with van der Waals surface area (Å²) in [7, 11) is 0. The first-order valence-corrected chi connectivity index (χ1v) is 17.8. The Balaban J connectivity index is 3.06. The Hall–Kier alpha value is 0.499. The summed E-state index contributed by atoms with van der Waals surface area (Å²) in [6.07, 6.45) is 8.47. The molecule has 0 saturated heterocycles. The standard InChI is InChI=1S/C8H8Br.3C4H9.Sn/c1-2-7-4-3-5-8(9)6-7;3*1-3-4-2;/h2-6H,1H3;3*1,3-4H2,2H3;. The monoisotopic (exact) mass is 474 g/mol. The van der Waals surface area contributed by atoms with E-state index in [0.717, 1.165) is 3.93 Å². The third-order valence-corrected chi connectivity index (χ3v) is 23.6. The molecule has 0 aliphatic carbocycles. The summed E-state index contributed by atoms with van der Waals surface area (Å²) >= 11 is 1.54. The molecular formula is C20H35BrSn. The Kier molecular flexibility index (Phi) is 10.4. The van der Waals surface area contributed by atoms with Gasteiger partial charge < -0.3 is 0 Å². The predicted octanol–water partition coefficient (Wildman–Crippen LogP) is 7.94. The molecule has 0 aromatic heterocycles. The second-order valence-electron chi connectivity index (χ2n) is 6.95. The fourth-order valence-corrected chi connectivity index (χ4v) is 21.6. The molecule has 1 rings (SSSR count). The first kappa shape index (κ1) is 20.5. The van der Waals surface area contributed by atoms with Gasteiger partial charge in [-0.2, -0.15) is 0 Å². The zero-order valence-electron chi connectivity index (χ0n) is 15.1. The molecule has 1 atom stereocenters. The van der Waals surface area contributed by atoms with Gasteiger partial charge in [0.15, 0.2) is 0 Å². The molecule has 0 fully saturated rings. The Bertz CT molecular complexity index is 394. The van der Waals surface area contributed by atoms with Crippen LogP contribution in [0, 0.1) is 0 Å². The average molecular weight is 474 g/mol. The van der Waals surface area contributed by atoms with Crippen molar-refractivity contribution in [2.75, 3.05) is 0 Å². The van der Waals surface area contributed by atoms with Gasteiger partial charge in [0.25, 0.3) is 0 Å². The van der Waals surface area contributed by atoms with E-state index < -0.39 is 18.4 Å². The third kappa shape index (κ3) is 6.18. The Morgan fingerprint density at radius 2 is 1.41 bits per heavy atom. The minimum atomic E-state index is -2.13. The van der Waals surface area contributed by atoms with E-state index in [9.17, 15) is 0 Å². The van der Waals surface area contributed by atoms with Gasteiger partial charge in [0.05, 0.1) is 0 Å². The van der Waals surface area contributed by atoms with Crippen molar-refractivity contribution >= 4 is 34.3 Å². The molecule has 22 heavy (non-hydrogen) atoms. The summed E-state index contributed by atoms with van der Waals surface area (Å²) in [6.45, 7) is 9.65. The normalized spacial score (nSPS) is 13.3. The minimum absolute atomic E-state index is 0.858. The van der Waals surface area contributed by atoms with Crippen LogP contribution in [0.15, 0.2) is 28.7 Å². The van der Waals surface area contributed by atoms with Gasteiger partial charge >= 0.3 is 152 Å². The maximum atomic E-state index is 3.68. The van der Waals surface area contributed by atoms with E-state index >= 15 is 0 Å². The summed E-state index contributed by atoms with van der Waals surface area (Å²) in [5.41, 5.74) is 1.61. The molecular weight excluding hydrogens is 439 g/mol. The second kappa shape index (κ2) is 11.1. The number of benzene rings is 1. The van der Waals surface area contributed by atoms with Crippen LogP contribution in [0.25, 0.3) is 0 Å². The van der Waals surface area contributed by atoms with Crippen LogP contribution in [0.4, 0.5) is 0 Å². The Labute approximate surface area is 151 Å². The van der Waals surface area contributed by atoms with Crippen LogP contribution in [-0.2, 0) is 0 Å². The molecule has 0 radical (unpaired) electrons. The van der Waals surface area contributed by atoms with Gasteiger partial charge in [0.2, 0.25) is 0 Å². The van der Waals surface area contributed by atoms with Crippen molar-refractivity contribution in [3.63, 3.8) is 0 Å². The van der Waals surface area contributed by atoms with Crippen molar-refractivity contribution in [1.82, 2.24) is 0 Å². The van der Waals surface area contributed by atoms with Crippen molar-refractivity contribution in [3.05, 3.63) is 34.3 Å². The molecule has 0 saturated carbocycles. The second-order valence-corrected chi connectivity index (χ2v) is 22.4. The summed E-state index contributed by atoms with van der Waals surface area (Å²) in [5.74, 6) is 0. The number of unbranched alkanes of at least 4 members (excludes halogenated alkanes) is 3. The molecule has 0 nitrogen and oxygen atoms in total. The van der Waals surface area contributed by atoms with Gasteiger partial charge in [0, 0.05) is 0 Å². The van der Waals surface area contributed by atoms with E-state index in [1.807, 2.05) is 0 Å². The molecule has 2 heteroatoms. The van der Waals surface area contributed by atoms with Crippen LogP contribution >= 0.6 is 15.9 Å². The first-order chi connectivity index (χ1) is 10.6. The van der Waals surface area contributed by atoms with Crippen LogP contribution in [0.5, 0.6) is 0 Å². The Morgan fingerprint density at radius 1 is 0.909 bits per heavy atom. The van der Waals surface area contributed by atoms with Gasteiger partial charge in [-0.3, -0.25) is 0 Å². The molecule has 0 heterocycles. The fourth-order valence-electron chi connectivity index (χ4n) is 3.74. The predicted molar refractivity (Wildman–Crippen MR) is 107 cm³/mol. The zero-order valence-corrected chi connectivity index (χ0v) is 19.6. The van der Waals surface area contributed by atoms with Crippen LogP contribution in [0.1, 0.15) is 75.7 Å². The molecule has 0 amide bonds. The van der Waals surface area contributed by atoms with Crippen molar-refractivity contribution in [3.8, 4) is 0 Å². The van der Waals surface area contributed by atoms with Crippen molar-refractivity contribution in [2.24, 2.45) is 0 Å². The Morgan fingerprint density at radius 3 is 1.82 bits per heavy atom. The van der Waals surface area contributed by atoms with Crippen LogP contribution in [-0.4, -0.2) is 18.4 Å². The van der Waals surface area contributed by atoms with Crippen molar-refractivity contribution in [1.29, 1.82) is 0 Å². The zero-order chi connectivity index (χ0) is 16.4. The van der Waals surface area contributed by atoms with Gasteiger partial charge in [-0.15, -0.1) is 0 Å². The molecule has 0 aliphatic heterocycles. The van der Waals surface area contributed by atoms with Gasteiger partial charge in [-0.25, -0.2) is 0 Å². The topological polar surface area (TPSA) is 0 Å². The van der Waals surface area contributed by atoms with Gasteiger partial charge in [-0.05, 0) is 0 Å². The fraction of sp³-hybridized carbons (Fsp3) is 0.700. The third-order valence-electron chi connectivity index (χ3n) is 5.35. The first-order valence-electron chi connectivity index (χ1n) is 9.35. The molecule has 1 aromatic carbocycles.